The Bertz CT molecular complexity index is 346. The molecule has 1 amide bonds. The highest BCUT2D eigenvalue weighted by Gasteiger charge is 2.16. The molecule has 1 heterocycles. The number of ether oxygens (including phenoxy) is 1. The highest BCUT2D eigenvalue weighted by atomic mass is 35.5. The molecule has 0 fully saturated rings. The van der Waals surface area contributed by atoms with Gasteiger partial charge in [-0.05, 0) is 20.8 Å². The van der Waals surface area contributed by atoms with E-state index in [0.29, 0.717) is 16.8 Å². The summed E-state index contributed by atoms with van der Waals surface area (Å²) in [4.78, 5) is 15.3. The van der Waals surface area contributed by atoms with Crippen LogP contribution in [0.5, 0.6) is 5.19 Å². The lowest BCUT2D eigenvalue weighted by Gasteiger charge is -2.18. The van der Waals surface area contributed by atoms with Crippen LogP contribution in [0.1, 0.15) is 26.5 Å². The number of nitrogens with one attached hydrogen (secondary N) is 1. The highest BCUT2D eigenvalue weighted by molar-refractivity contribution is 7.11. The maximum atomic E-state index is 11.3. The third-order valence-electron chi connectivity index (χ3n) is 1.32. The molecular weight excluding hydrogens is 236 g/mol. The Morgan fingerprint density at radius 2 is 2.33 bits per heavy atom. The van der Waals surface area contributed by atoms with Gasteiger partial charge in [0.2, 0.25) is 0 Å². The van der Waals surface area contributed by atoms with E-state index in [-0.39, 0.29) is 5.54 Å². The van der Waals surface area contributed by atoms with Crippen LogP contribution in [0.3, 0.4) is 0 Å². The molecule has 0 aromatic carbocycles. The Labute approximate surface area is 97.6 Å². The quantitative estimate of drug-likeness (QED) is 0.819. The Hall–Kier alpha value is -0.810. The van der Waals surface area contributed by atoms with Gasteiger partial charge in [0.1, 0.15) is 0 Å². The molecule has 0 unspecified atom stereocenters. The summed E-state index contributed by atoms with van der Waals surface area (Å²) in [6, 6.07) is 0. The maximum absolute atomic E-state index is 11.3. The molecule has 6 heteroatoms. The topological polar surface area (TPSA) is 51.2 Å². The summed E-state index contributed by atoms with van der Waals surface area (Å²) in [5.74, 6) is 0.320. The van der Waals surface area contributed by atoms with E-state index in [4.69, 9.17) is 16.3 Å². The summed E-state index contributed by atoms with van der Waals surface area (Å²) < 4.78 is 4.97. The van der Waals surface area contributed by atoms with Gasteiger partial charge in [0.05, 0.1) is 11.6 Å². The van der Waals surface area contributed by atoms with Crippen LogP contribution in [0.25, 0.3) is 0 Å². The first-order chi connectivity index (χ1) is 6.90. The number of thiazole rings is 1. The lowest BCUT2D eigenvalue weighted by atomic mass is 10.1. The van der Waals surface area contributed by atoms with Crippen LogP contribution in [0.4, 0.5) is 4.79 Å². The van der Waals surface area contributed by atoms with Crippen LogP contribution in [-0.4, -0.2) is 16.6 Å². The minimum Gasteiger partial charge on any atom is -0.381 e. The number of hydrogen-bond donors (Lipinski definition) is 1. The molecule has 0 saturated heterocycles. The molecule has 0 aliphatic carbocycles. The largest absolute Gasteiger partial charge is 0.414 e. The van der Waals surface area contributed by atoms with Crippen molar-refractivity contribution in [1.82, 2.24) is 10.3 Å². The molecule has 1 aromatic heterocycles. The second-order valence-electron chi connectivity index (χ2n) is 4.00. The summed E-state index contributed by atoms with van der Waals surface area (Å²) >= 11 is 6.82. The lowest BCUT2D eigenvalue weighted by molar-refractivity contribution is 0.190. The minimum atomic E-state index is -0.502. The lowest BCUT2D eigenvalue weighted by Crippen LogP contribution is -2.42. The molecule has 15 heavy (non-hydrogen) atoms. The smallest absolute Gasteiger partial charge is 0.381 e. The van der Waals surface area contributed by atoms with Crippen LogP contribution in [-0.2, 0) is 5.88 Å². The van der Waals surface area contributed by atoms with Crippen LogP contribution in [0.2, 0.25) is 0 Å². The normalized spacial score (nSPS) is 11.2. The Balaban J connectivity index is 2.51. The maximum Gasteiger partial charge on any atom is 0.414 e. The van der Waals surface area contributed by atoms with Crippen molar-refractivity contribution in [2.45, 2.75) is 32.2 Å². The van der Waals surface area contributed by atoms with Crippen molar-refractivity contribution in [2.24, 2.45) is 0 Å². The summed E-state index contributed by atoms with van der Waals surface area (Å²) in [7, 11) is 0. The number of amides is 1. The van der Waals surface area contributed by atoms with Crippen LogP contribution in [0.15, 0.2) is 5.38 Å². The number of aromatic nitrogens is 1. The van der Waals surface area contributed by atoms with E-state index >= 15 is 0 Å². The van der Waals surface area contributed by atoms with Crippen molar-refractivity contribution in [1.29, 1.82) is 0 Å². The average Bonchev–Trinajstić information content (AvgIpc) is 2.48. The predicted octanol–water partition coefficient (Wildman–Crippen LogP) is 2.77. The van der Waals surface area contributed by atoms with Gasteiger partial charge in [-0.25, -0.2) is 9.78 Å². The van der Waals surface area contributed by atoms with Gasteiger partial charge in [0.25, 0.3) is 5.19 Å². The SMILES string of the molecule is CC(C)(C)NC(=O)Oc1nc(CCl)cs1. The third-order valence-corrected chi connectivity index (χ3v) is 2.36. The third kappa shape index (κ3) is 4.48. The number of carbonyl (C=O) groups excluding carboxylic acids is 1. The number of carbonyl (C=O) groups is 1. The fraction of sp³-hybridized carbons (Fsp3) is 0.556. The standard InChI is InChI=1S/C9H13ClN2O2S/c1-9(2,3)12-7(13)14-8-11-6(4-10)5-15-8/h5H,4H2,1-3H3,(H,12,13). The fourth-order valence-corrected chi connectivity index (χ4v) is 1.70. The molecule has 0 radical (unpaired) electrons. The summed E-state index contributed by atoms with van der Waals surface area (Å²) in [6.07, 6.45) is -0.502. The number of rotatable bonds is 2. The van der Waals surface area contributed by atoms with Gasteiger partial charge >= 0.3 is 6.09 Å². The van der Waals surface area contributed by atoms with Crippen molar-refractivity contribution in [2.75, 3.05) is 0 Å². The Morgan fingerprint density at radius 3 is 2.80 bits per heavy atom. The number of halogens is 1. The van der Waals surface area contributed by atoms with Crippen LogP contribution >= 0.6 is 22.9 Å². The van der Waals surface area contributed by atoms with E-state index in [1.54, 1.807) is 5.38 Å². The van der Waals surface area contributed by atoms with Crippen molar-refractivity contribution >= 4 is 29.0 Å². The molecule has 84 valence electrons. The average molecular weight is 249 g/mol. The molecule has 0 aliphatic rings. The van der Waals surface area contributed by atoms with Crippen LogP contribution < -0.4 is 10.1 Å². The van der Waals surface area contributed by atoms with Gasteiger partial charge in [-0.2, -0.15) is 0 Å². The van der Waals surface area contributed by atoms with Gasteiger partial charge in [0, 0.05) is 10.9 Å². The van der Waals surface area contributed by atoms with Gasteiger partial charge < -0.3 is 10.1 Å². The zero-order valence-corrected chi connectivity index (χ0v) is 10.4. The molecule has 0 atom stereocenters. The number of nitrogens with zero attached hydrogens (tertiary/aromatic N) is 1. The molecule has 1 N–H and O–H groups in total. The monoisotopic (exact) mass is 248 g/mol. The van der Waals surface area contributed by atoms with Crippen molar-refractivity contribution in [3.05, 3.63) is 11.1 Å². The van der Waals surface area contributed by atoms with E-state index in [2.05, 4.69) is 10.3 Å². The molecule has 0 spiro atoms. The van der Waals surface area contributed by atoms with E-state index in [0.717, 1.165) is 0 Å². The minimum absolute atomic E-state index is 0.312. The van der Waals surface area contributed by atoms with Crippen molar-refractivity contribution in [3.63, 3.8) is 0 Å². The van der Waals surface area contributed by atoms with Gasteiger partial charge in [0.15, 0.2) is 0 Å². The summed E-state index contributed by atoms with van der Waals surface area (Å²) in [5.41, 5.74) is 0.393. The summed E-state index contributed by atoms with van der Waals surface area (Å²) in [5, 5.41) is 4.74. The van der Waals surface area contributed by atoms with E-state index in [1.165, 1.54) is 11.3 Å². The van der Waals surface area contributed by atoms with Crippen molar-refractivity contribution < 1.29 is 9.53 Å². The molecular formula is C9H13ClN2O2S. The molecule has 0 bridgehead atoms. The first-order valence-electron chi connectivity index (χ1n) is 4.41. The Morgan fingerprint density at radius 1 is 1.67 bits per heavy atom. The van der Waals surface area contributed by atoms with Gasteiger partial charge in [-0.15, -0.1) is 11.6 Å². The Kier molecular flexibility index (Phi) is 3.93. The highest BCUT2D eigenvalue weighted by Crippen LogP contribution is 2.19. The van der Waals surface area contributed by atoms with E-state index in [9.17, 15) is 4.79 Å². The van der Waals surface area contributed by atoms with E-state index < -0.39 is 6.09 Å². The zero-order chi connectivity index (χ0) is 11.5. The van der Waals surface area contributed by atoms with E-state index in [1.807, 2.05) is 20.8 Å². The van der Waals surface area contributed by atoms with Gasteiger partial charge in [-0.3, -0.25) is 0 Å². The first kappa shape index (κ1) is 12.3. The first-order valence-corrected chi connectivity index (χ1v) is 5.82. The fourth-order valence-electron chi connectivity index (χ4n) is 0.808. The van der Waals surface area contributed by atoms with Crippen molar-refractivity contribution in [3.8, 4) is 5.19 Å². The summed E-state index contributed by atoms with van der Waals surface area (Å²) in [6.45, 7) is 5.63. The number of alkyl halides is 1. The second-order valence-corrected chi connectivity index (χ2v) is 5.09. The number of hydrogen-bond acceptors (Lipinski definition) is 4. The van der Waals surface area contributed by atoms with Crippen LogP contribution in [0, 0.1) is 0 Å². The van der Waals surface area contributed by atoms with Gasteiger partial charge in [-0.1, -0.05) is 11.3 Å². The molecule has 1 aromatic rings. The molecule has 0 aliphatic heterocycles. The second kappa shape index (κ2) is 4.81. The molecule has 0 saturated carbocycles. The molecule has 4 nitrogen and oxygen atoms in total. The predicted molar refractivity (Wildman–Crippen MR) is 60.6 cm³/mol. The molecule has 1 rings (SSSR count). The zero-order valence-electron chi connectivity index (χ0n) is 8.83.